The number of nitrogens with one attached hydrogen (secondary N) is 2. The number of hydrogen-bond acceptors (Lipinski definition) is 10. The molecule has 0 aromatic heterocycles. The van der Waals surface area contributed by atoms with E-state index in [0.717, 1.165) is 28.7 Å². The summed E-state index contributed by atoms with van der Waals surface area (Å²) in [5.41, 5.74) is 9.91. The number of alkyl halides is 2. The van der Waals surface area contributed by atoms with Crippen LogP contribution in [0.15, 0.2) is 36.4 Å². The third kappa shape index (κ3) is 7.04. The normalized spacial score (nSPS) is 23.8. The minimum Gasteiger partial charge on any atom is -0.398 e. The van der Waals surface area contributed by atoms with Gasteiger partial charge < -0.3 is 20.9 Å². The van der Waals surface area contributed by atoms with Gasteiger partial charge in [-0.2, -0.15) is 0 Å². The average molecular weight is 843 g/mol. The molecule has 13 nitrogen and oxygen atoms in total. The number of nitrogens with zero attached hydrogens (tertiary/aromatic N) is 5. The quantitative estimate of drug-likeness (QED) is 0.129. The lowest BCUT2D eigenvalue weighted by molar-refractivity contribution is -0.136. The summed E-state index contributed by atoms with van der Waals surface area (Å²) in [4.78, 5) is 72.4. The van der Waals surface area contributed by atoms with Crippen molar-refractivity contribution in [3.05, 3.63) is 92.5 Å². The SMILES string of the molecule is C[C@@H]1Cc2c(ccc(N)c2C=N)[C@@H](c2c(F)cc(N3CCC4(CCN(C(=O)CN5Cc6cc7c(cc6C5)C(=O)N(C5CCC(=O)NC5=O)C7=O)CC4)C3)cc2F)N1CC(F)F. The number of rotatable bonds is 8. The molecule has 0 aliphatic carbocycles. The highest BCUT2D eigenvalue weighted by molar-refractivity contribution is 6.23. The van der Waals surface area contributed by atoms with Crippen LogP contribution >= 0.6 is 0 Å². The minimum absolute atomic E-state index is 0.0365. The molecule has 3 aromatic rings. The van der Waals surface area contributed by atoms with E-state index in [2.05, 4.69) is 5.32 Å². The van der Waals surface area contributed by atoms with Crippen LogP contribution in [-0.4, -0.2) is 113 Å². The number of nitrogens with two attached hydrogens (primary N) is 1. The fourth-order valence-electron chi connectivity index (χ4n) is 10.6. The lowest BCUT2D eigenvalue weighted by Crippen LogP contribution is -2.54. The monoisotopic (exact) mass is 842 g/mol. The van der Waals surface area contributed by atoms with E-state index in [4.69, 9.17) is 11.1 Å². The first-order valence-corrected chi connectivity index (χ1v) is 20.7. The third-order valence-electron chi connectivity index (χ3n) is 13.8. The summed E-state index contributed by atoms with van der Waals surface area (Å²) in [7, 11) is 0. The zero-order valence-corrected chi connectivity index (χ0v) is 33.6. The van der Waals surface area contributed by atoms with Crippen molar-refractivity contribution >= 4 is 47.1 Å². The summed E-state index contributed by atoms with van der Waals surface area (Å²) in [5, 5.41) is 10.1. The molecule has 0 bridgehead atoms. The van der Waals surface area contributed by atoms with Gasteiger partial charge >= 0.3 is 0 Å². The van der Waals surface area contributed by atoms with Crippen molar-refractivity contribution in [3.63, 3.8) is 0 Å². The van der Waals surface area contributed by atoms with Crippen molar-refractivity contribution < 1.29 is 41.5 Å². The van der Waals surface area contributed by atoms with Gasteiger partial charge in [-0.05, 0) is 97.0 Å². The van der Waals surface area contributed by atoms with Gasteiger partial charge in [0.2, 0.25) is 17.7 Å². The molecular formula is C44H46F4N8O5. The summed E-state index contributed by atoms with van der Waals surface area (Å²) < 4.78 is 60.4. The van der Waals surface area contributed by atoms with Crippen molar-refractivity contribution in [2.75, 3.05) is 49.9 Å². The maximum absolute atomic E-state index is 16.3. The molecule has 0 radical (unpaired) electrons. The molecule has 17 heteroatoms. The van der Waals surface area contributed by atoms with E-state index < -0.39 is 66.4 Å². The van der Waals surface area contributed by atoms with Crippen LogP contribution in [0.1, 0.15) is 99.2 Å². The molecule has 1 spiro atoms. The Bertz CT molecular complexity index is 2330. The molecule has 0 saturated carbocycles. The van der Waals surface area contributed by atoms with Gasteiger partial charge in [0.05, 0.1) is 30.3 Å². The van der Waals surface area contributed by atoms with Gasteiger partial charge in [-0.1, -0.05) is 6.07 Å². The minimum atomic E-state index is -2.74. The second-order valence-corrected chi connectivity index (χ2v) is 17.5. The predicted octanol–water partition coefficient (Wildman–Crippen LogP) is 4.38. The molecular weight excluding hydrogens is 797 g/mol. The van der Waals surface area contributed by atoms with E-state index in [9.17, 15) is 32.8 Å². The lowest BCUT2D eigenvalue weighted by Gasteiger charge is -2.43. The highest BCUT2D eigenvalue weighted by Gasteiger charge is 2.47. The number of nitrogen functional groups attached to an aromatic ring is 1. The van der Waals surface area contributed by atoms with Crippen molar-refractivity contribution in [2.45, 2.75) is 83.1 Å². The zero-order chi connectivity index (χ0) is 43.1. The van der Waals surface area contributed by atoms with E-state index >= 15 is 8.78 Å². The Morgan fingerprint density at radius 2 is 1.61 bits per heavy atom. The molecule has 1 unspecified atom stereocenters. The number of anilines is 2. The molecule has 4 N–H and O–H groups in total. The molecule has 3 saturated heterocycles. The molecule has 61 heavy (non-hydrogen) atoms. The summed E-state index contributed by atoms with van der Waals surface area (Å²) in [6, 6.07) is 6.38. The van der Waals surface area contributed by atoms with Gasteiger partial charge in [0.1, 0.15) is 17.7 Å². The van der Waals surface area contributed by atoms with E-state index in [0.29, 0.717) is 86.6 Å². The number of benzene rings is 3. The first kappa shape index (κ1) is 40.7. The van der Waals surface area contributed by atoms with Gasteiger partial charge in [-0.15, -0.1) is 0 Å². The molecule has 9 rings (SSSR count). The van der Waals surface area contributed by atoms with Crippen LogP contribution < -0.4 is 16.0 Å². The molecule has 320 valence electrons. The van der Waals surface area contributed by atoms with Crippen LogP contribution in [0.4, 0.5) is 28.9 Å². The summed E-state index contributed by atoms with van der Waals surface area (Å²) in [6.07, 6.45) is 0.945. The molecule has 6 heterocycles. The van der Waals surface area contributed by atoms with E-state index in [1.54, 1.807) is 31.2 Å². The maximum Gasteiger partial charge on any atom is 0.262 e. The Morgan fingerprint density at radius 3 is 2.21 bits per heavy atom. The first-order valence-electron chi connectivity index (χ1n) is 20.7. The number of carbonyl (C=O) groups excluding carboxylic acids is 5. The topological polar surface area (TPSA) is 163 Å². The summed E-state index contributed by atoms with van der Waals surface area (Å²) in [5.74, 6) is -3.97. The van der Waals surface area contributed by atoms with Crippen molar-refractivity contribution in [1.82, 2.24) is 24.9 Å². The molecule has 6 aliphatic rings. The van der Waals surface area contributed by atoms with E-state index in [1.165, 1.54) is 17.0 Å². The molecule has 3 atom stereocenters. The Morgan fingerprint density at radius 1 is 0.967 bits per heavy atom. The fraction of sp³-hybridized carbons (Fsp3) is 0.455. The zero-order valence-electron chi connectivity index (χ0n) is 33.6. The van der Waals surface area contributed by atoms with Crippen molar-refractivity contribution in [3.8, 4) is 0 Å². The van der Waals surface area contributed by atoms with Gasteiger partial charge in [-0.3, -0.25) is 44.0 Å². The smallest absolute Gasteiger partial charge is 0.262 e. The van der Waals surface area contributed by atoms with E-state index in [1.807, 2.05) is 14.7 Å². The van der Waals surface area contributed by atoms with Gasteiger partial charge in [0.15, 0.2) is 0 Å². The number of imide groups is 2. The van der Waals surface area contributed by atoms with E-state index in [-0.39, 0.29) is 47.4 Å². The lowest BCUT2D eigenvalue weighted by atomic mass is 9.77. The number of likely N-dealkylation sites (tertiary alicyclic amines) is 1. The largest absolute Gasteiger partial charge is 0.398 e. The first-order chi connectivity index (χ1) is 29.1. The number of amides is 5. The Balaban J connectivity index is 0.834. The summed E-state index contributed by atoms with van der Waals surface area (Å²) >= 11 is 0. The third-order valence-corrected chi connectivity index (χ3v) is 13.8. The Hall–Kier alpha value is -5.68. The maximum atomic E-state index is 16.3. The van der Waals surface area contributed by atoms with Crippen molar-refractivity contribution in [2.24, 2.45) is 5.41 Å². The van der Waals surface area contributed by atoms with Crippen LogP contribution in [0, 0.1) is 22.5 Å². The van der Waals surface area contributed by atoms with Gasteiger partial charge in [-0.25, -0.2) is 17.6 Å². The Labute approximate surface area is 349 Å². The second-order valence-electron chi connectivity index (χ2n) is 17.5. The van der Waals surface area contributed by atoms with Crippen LogP contribution in [0.5, 0.6) is 0 Å². The fourth-order valence-corrected chi connectivity index (χ4v) is 10.6. The van der Waals surface area contributed by atoms with Gasteiger partial charge in [0.25, 0.3) is 18.2 Å². The number of fused-ring (bicyclic) bond motifs is 3. The van der Waals surface area contributed by atoms with Gasteiger partial charge in [0, 0.05) is 80.4 Å². The standard InChI is InChI=1S/C44H46F4N8O5/c1-23-12-28-27(2-3-34(50)31(28)17-49)40(55(23)20-36(47)48)39-32(45)15-26(16-33(39)46)54-11-8-44(22-54)6-9-53(10-7-44)38(58)21-52-18-24-13-29-30(14-25(24)19-52)43(61)56(42(29)60)35-4-5-37(57)51-41(35)59/h2-3,13-17,23,35-36,40,49H,4-12,18-22,50H2,1H3,(H,51,57,59)/t23-,35?,40+/m1/s1. The average Bonchev–Trinajstić information content (AvgIpc) is 3.88. The van der Waals surface area contributed by atoms with Crippen LogP contribution in [0.3, 0.4) is 0 Å². The predicted molar refractivity (Wildman–Crippen MR) is 215 cm³/mol. The molecule has 5 amide bonds. The number of piperidine rings is 2. The van der Waals surface area contributed by atoms with Crippen LogP contribution in [0.2, 0.25) is 0 Å². The number of hydrogen-bond donors (Lipinski definition) is 3. The second kappa shape index (κ2) is 15.3. The molecule has 3 fully saturated rings. The highest BCUT2D eigenvalue weighted by atomic mass is 19.3. The Kier molecular flexibility index (Phi) is 10.2. The number of carbonyl (C=O) groups is 5. The molecule has 3 aromatic carbocycles. The highest BCUT2D eigenvalue weighted by Crippen LogP contribution is 2.46. The molecule has 6 aliphatic heterocycles. The van der Waals surface area contributed by atoms with Crippen LogP contribution in [0.25, 0.3) is 0 Å². The number of halogens is 4. The summed E-state index contributed by atoms with van der Waals surface area (Å²) in [6.45, 7) is 4.13. The van der Waals surface area contributed by atoms with Crippen LogP contribution in [-0.2, 0) is 33.9 Å². The van der Waals surface area contributed by atoms with Crippen molar-refractivity contribution in [1.29, 1.82) is 5.41 Å².